The fraction of sp³-hybridized carbons (Fsp3) is 0.316. The highest BCUT2D eigenvalue weighted by Crippen LogP contribution is 2.16. The molecule has 0 aliphatic rings. The zero-order valence-corrected chi connectivity index (χ0v) is 13.6. The second kappa shape index (κ2) is 8.44. The molecule has 0 aliphatic carbocycles. The van der Waals surface area contributed by atoms with Gasteiger partial charge in [0.25, 0.3) is 0 Å². The molecule has 0 saturated carbocycles. The molecule has 0 aliphatic heterocycles. The Morgan fingerprint density at radius 1 is 1.09 bits per heavy atom. The van der Waals surface area contributed by atoms with Crippen molar-refractivity contribution in [3.05, 3.63) is 65.5 Å². The van der Waals surface area contributed by atoms with Crippen LogP contribution in [-0.2, 0) is 11.2 Å². The molecule has 0 bridgehead atoms. The van der Waals surface area contributed by atoms with E-state index in [-0.39, 0.29) is 18.3 Å². The smallest absolute Gasteiger partial charge is 0.238 e. The van der Waals surface area contributed by atoms with Gasteiger partial charge in [-0.1, -0.05) is 44.2 Å². The topological polar surface area (TPSA) is 41.1 Å². The maximum Gasteiger partial charge on any atom is 0.238 e. The Hall–Kier alpha value is -2.20. The standard InChI is InChI=1S/C19H23FN2O/c1-14(2)15-7-9-17(10-8-15)22-19(23)13-21-12-11-16-5-3-4-6-18(16)20/h3-10,14,21H,11-13H2,1-2H3,(H,22,23). The molecule has 0 spiro atoms. The zero-order chi connectivity index (χ0) is 16.7. The fourth-order valence-corrected chi connectivity index (χ4v) is 2.28. The Bertz CT molecular complexity index is 638. The lowest BCUT2D eigenvalue weighted by Gasteiger charge is -2.09. The normalized spacial score (nSPS) is 10.8. The van der Waals surface area contributed by atoms with E-state index in [0.717, 1.165) is 5.69 Å². The third kappa shape index (κ3) is 5.49. The lowest BCUT2D eigenvalue weighted by atomic mass is 10.0. The zero-order valence-electron chi connectivity index (χ0n) is 13.6. The molecule has 0 atom stereocenters. The van der Waals surface area contributed by atoms with Crippen molar-refractivity contribution in [2.75, 3.05) is 18.4 Å². The van der Waals surface area contributed by atoms with Gasteiger partial charge in [0, 0.05) is 5.69 Å². The summed E-state index contributed by atoms with van der Waals surface area (Å²) in [6, 6.07) is 14.5. The summed E-state index contributed by atoms with van der Waals surface area (Å²) in [7, 11) is 0. The second-order valence-corrected chi connectivity index (χ2v) is 5.84. The summed E-state index contributed by atoms with van der Waals surface area (Å²) in [6.07, 6.45) is 0.559. The summed E-state index contributed by atoms with van der Waals surface area (Å²) in [6.45, 7) is 5.03. The summed E-state index contributed by atoms with van der Waals surface area (Å²) >= 11 is 0. The Balaban J connectivity index is 1.72. The van der Waals surface area contributed by atoms with E-state index >= 15 is 0 Å². The molecule has 1 amide bonds. The number of halogens is 1. The molecule has 0 radical (unpaired) electrons. The Morgan fingerprint density at radius 3 is 2.43 bits per heavy atom. The molecule has 23 heavy (non-hydrogen) atoms. The van der Waals surface area contributed by atoms with Gasteiger partial charge >= 0.3 is 0 Å². The van der Waals surface area contributed by atoms with Crippen LogP contribution in [0.5, 0.6) is 0 Å². The Morgan fingerprint density at radius 2 is 1.78 bits per heavy atom. The van der Waals surface area contributed by atoms with E-state index in [1.165, 1.54) is 11.6 Å². The van der Waals surface area contributed by atoms with Crippen molar-refractivity contribution in [2.24, 2.45) is 0 Å². The van der Waals surface area contributed by atoms with E-state index in [1.54, 1.807) is 12.1 Å². The van der Waals surface area contributed by atoms with Crippen molar-refractivity contribution >= 4 is 11.6 Å². The molecule has 0 saturated heterocycles. The Labute approximate surface area is 136 Å². The molecular weight excluding hydrogens is 291 g/mol. The van der Waals surface area contributed by atoms with E-state index < -0.39 is 0 Å². The predicted octanol–water partition coefficient (Wildman–Crippen LogP) is 3.72. The first-order chi connectivity index (χ1) is 11.1. The van der Waals surface area contributed by atoms with Crippen LogP contribution in [0.25, 0.3) is 0 Å². The van der Waals surface area contributed by atoms with E-state index in [2.05, 4.69) is 24.5 Å². The molecule has 2 rings (SSSR count). The number of hydrogen-bond donors (Lipinski definition) is 2. The molecule has 2 N–H and O–H groups in total. The van der Waals surface area contributed by atoms with Gasteiger partial charge in [-0.25, -0.2) is 4.39 Å². The third-order valence-corrected chi connectivity index (χ3v) is 3.68. The first-order valence-electron chi connectivity index (χ1n) is 7.90. The first kappa shape index (κ1) is 17.2. The summed E-state index contributed by atoms with van der Waals surface area (Å²) < 4.78 is 13.4. The van der Waals surface area contributed by atoms with Crippen LogP contribution in [0.3, 0.4) is 0 Å². The van der Waals surface area contributed by atoms with Gasteiger partial charge in [0.2, 0.25) is 5.91 Å². The van der Waals surface area contributed by atoms with E-state index in [1.807, 2.05) is 30.3 Å². The van der Waals surface area contributed by atoms with Crippen LogP contribution in [0.15, 0.2) is 48.5 Å². The molecule has 4 heteroatoms. The number of benzene rings is 2. The summed E-state index contributed by atoms with van der Waals surface area (Å²) in [5.74, 6) is 0.166. The van der Waals surface area contributed by atoms with Crippen molar-refractivity contribution in [3.63, 3.8) is 0 Å². The minimum atomic E-state index is -0.205. The Kier molecular flexibility index (Phi) is 6.29. The minimum Gasteiger partial charge on any atom is -0.325 e. The lowest BCUT2D eigenvalue weighted by molar-refractivity contribution is -0.115. The molecule has 0 fully saturated rings. The average molecular weight is 314 g/mol. The van der Waals surface area contributed by atoms with Crippen molar-refractivity contribution in [1.29, 1.82) is 0 Å². The van der Waals surface area contributed by atoms with Crippen molar-refractivity contribution in [1.82, 2.24) is 5.32 Å². The first-order valence-corrected chi connectivity index (χ1v) is 7.90. The number of anilines is 1. The van der Waals surface area contributed by atoms with Crippen molar-refractivity contribution < 1.29 is 9.18 Å². The molecule has 0 unspecified atom stereocenters. The van der Waals surface area contributed by atoms with E-state index in [9.17, 15) is 9.18 Å². The van der Waals surface area contributed by atoms with Crippen LogP contribution >= 0.6 is 0 Å². The van der Waals surface area contributed by atoms with Crippen LogP contribution in [0.1, 0.15) is 30.9 Å². The molecule has 0 heterocycles. The van der Waals surface area contributed by atoms with Gasteiger partial charge in [-0.15, -0.1) is 0 Å². The summed E-state index contributed by atoms with van der Waals surface area (Å²) in [4.78, 5) is 11.9. The largest absolute Gasteiger partial charge is 0.325 e. The highest BCUT2D eigenvalue weighted by atomic mass is 19.1. The van der Waals surface area contributed by atoms with Gasteiger partial charge in [0.1, 0.15) is 5.82 Å². The quantitative estimate of drug-likeness (QED) is 0.765. The van der Waals surface area contributed by atoms with Gasteiger partial charge in [0.05, 0.1) is 6.54 Å². The predicted molar refractivity (Wildman–Crippen MR) is 92.1 cm³/mol. The second-order valence-electron chi connectivity index (χ2n) is 5.84. The third-order valence-electron chi connectivity index (χ3n) is 3.68. The summed E-state index contributed by atoms with van der Waals surface area (Å²) in [5.41, 5.74) is 2.69. The highest BCUT2D eigenvalue weighted by Gasteiger charge is 2.04. The SMILES string of the molecule is CC(C)c1ccc(NC(=O)CNCCc2ccccc2F)cc1. The molecule has 3 nitrogen and oxygen atoms in total. The van der Waals surface area contributed by atoms with Gasteiger partial charge in [0.15, 0.2) is 0 Å². The van der Waals surface area contributed by atoms with Crippen molar-refractivity contribution in [2.45, 2.75) is 26.2 Å². The molecular formula is C19H23FN2O. The van der Waals surface area contributed by atoms with Gasteiger partial charge in [-0.05, 0) is 48.2 Å². The van der Waals surface area contributed by atoms with Gasteiger partial charge in [-0.3, -0.25) is 4.79 Å². The highest BCUT2D eigenvalue weighted by molar-refractivity contribution is 5.92. The number of carbonyl (C=O) groups is 1. The number of rotatable bonds is 7. The average Bonchev–Trinajstić information content (AvgIpc) is 2.53. The molecule has 2 aromatic rings. The number of nitrogens with one attached hydrogen (secondary N) is 2. The maximum atomic E-state index is 13.4. The van der Waals surface area contributed by atoms with E-state index in [4.69, 9.17) is 0 Å². The van der Waals surface area contributed by atoms with Crippen molar-refractivity contribution in [3.8, 4) is 0 Å². The minimum absolute atomic E-state index is 0.101. The van der Waals surface area contributed by atoms with Crippen LogP contribution in [-0.4, -0.2) is 19.0 Å². The number of hydrogen-bond acceptors (Lipinski definition) is 2. The van der Waals surface area contributed by atoms with Crippen LogP contribution in [0.2, 0.25) is 0 Å². The lowest BCUT2D eigenvalue weighted by Crippen LogP contribution is -2.29. The summed E-state index contributed by atoms with van der Waals surface area (Å²) in [5, 5.41) is 5.87. The fourth-order valence-electron chi connectivity index (χ4n) is 2.28. The number of amides is 1. The number of carbonyl (C=O) groups excluding carboxylic acids is 1. The van der Waals surface area contributed by atoms with Crippen LogP contribution in [0.4, 0.5) is 10.1 Å². The monoisotopic (exact) mass is 314 g/mol. The molecule has 0 aromatic heterocycles. The van der Waals surface area contributed by atoms with Gasteiger partial charge in [-0.2, -0.15) is 0 Å². The van der Waals surface area contributed by atoms with Crippen LogP contribution in [0, 0.1) is 5.82 Å². The molecule has 2 aromatic carbocycles. The maximum absolute atomic E-state index is 13.4. The van der Waals surface area contributed by atoms with Gasteiger partial charge < -0.3 is 10.6 Å². The molecule has 122 valence electrons. The van der Waals surface area contributed by atoms with Crippen LogP contribution < -0.4 is 10.6 Å². The van der Waals surface area contributed by atoms with E-state index in [0.29, 0.717) is 24.4 Å².